The molecule has 0 spiro atoms. The van der Waals surface area contributed by atoms with E-state index in [1.807, 2.05) is 6.07 Å². The van der Waals surface area contributed by atoms with Gasteiger partial charge in [0.15, 0.2) is 0 Å². The molecular formula is C9H10Cl2N2O. The normalized spacial score (nSPS) is 11.2. The van der Waals surface area contributed by atoms with Gasteiger partial charge in [-0.1, -0.05) is 11.6 Å². The molecule has 5 heteroatoms. The Morgan fingerprint density at radius 2 is 2.21 bits per heavy atom. The van der Waals surface area contributed by atoms with E-state index >= 15 is 0 Å². The van der Waals surface area contributed by atoms with Crippen molar-refractivity contribution in [2.75, 3.05) is 0 Å². The maximum Gasteiger partial charge on any atom is 0.120 e. The van der Waals surface area contributed by atoms with E-state index < -0.39 is 6.04 Å². The second-order valence-corrected chi connectivity index (χ2v) is 3.11. The standard InChI is InChI=1S/C9H9ClN2O.ClH/c10-6-1-2-9(13)7(5-6)8(12)3-4-11;/h1-2,5,8,13H,3,12H2;1H/t8-;/m0./s1. The van der Waals surface area contributed by atoms with Crippen molar-refractivity contribution in [1.82, 2.24) is 0 Å². The summed E-state index contributed by atoms with van der Waals surface area (Å²) in [5, 5.41) is 18.3. The molecule has 0 fully saturated rings. The summed E-state index contributed by atoms with van der Waals surface area (Å²) in [6, 6.07) is 6.06. The Balaban J connectivity index is 0.00000169. The van der Waals surface area contributed by atoms with E-state index in [4.69, 9.17) is 22.6 Å². The van der Waals surface area contributed by atoms with Crippen LogP contribution in [0.2, 0.25) is 5.02 Å². The third-order valence-electron chi connectivity index (χ3n) is 1.70. The van der Waals surface area contributed by atoms with E-state index in [0.29, 0.717) is 10.6 Å². The Kier molecular flexibility index (Phi) is 5.32. The maximum atomic E-state index is 9.38. The summed E-state index contributed by atoms with van der Waals surface area (Å²) < 4.78 is 0. The number of aromatic hydroxyl groups is 1. The fourth-order valence-corrected chi connectivity index (χ4v) is 1.21. The number of nitrogens with two attached hydrogens (primary N) is 1. The molecule has 0 saturated carbocycles. The number of phenols is 1. The van der Waals surface area contributed by atoms with E-state index in [9.17, 15) is 5.11 Å². The van der Waals surface area contributed by atoms with Gasteiger partial charge in [0, 0.05) is 16.6 Å². The van der Waals surface area contributed by atoms with Crippen molar-refractivity contribution in [3.63, 3.8) is 0 Å². The lowest BCUT2D eigenvalue weighted by molar-refractivity contribution is 0.462. The minimum Gasteiger partial charge on any atom is -0.508 e. The number of hydrogen-bond acceptors (Lipinski definition) is 3. The van der Waals surface area contributed by atoms with Crippen LogP contribution in [0.5, 0.6) is 5.75 Å². The van der Waals surface area contributed by atoms with E-state index in [0.717, 1.165) is 0 Å². The second-order valence-electron chi connectivity index (χ2n) is 2.67. The minimum atomic E-state index is -0.483. The van der Waals surface area contributed by atoms with Crippen molar-refractivity contribution >= 4 is 24.0 Å². The van der Waals surface area contributed by atoms with Gasteiger partial charge in [-0.3, -0.25) is 0 Å². The average molecular weight is 233 g/mol. The van der Waals surface area contributed by atoms with Crippen molar-refractivity contribution < 1.29 is 5.11 Å². The van der Waals surface area contributed by atoms with E-state index in [1.54, 1.807) is 12.1 Å². The molecular weight excluding hydrogens is 223 g/mol. The fraction of sp³-hybridized carbons (Fsp3) is 0.222. The highest BCUT2D eigenvalue weighted by atomic mass is 35.5. The smallest absolute Gasteiger partial charge is 0.120 e. The summed E-state index contributed by atoms with van der Waals surface area (Å²) in [6.45, 7) is 0. The number of phenolic OH excluding ortho intramolecular Hbond substituents is 1. The zero-order valence-electron chi connectivity index (χ0n) is 7.27. The van der Waals surface area contributed by atoms with Crippen LogP contribution >= 0.6 is 24.0 Å². The van der Waals surface area contributed by atoms with Crippen LogP contribution in [0.25, 0.3) is 0 Å². The molecule has 0 amide bonds. The zero-order chi connectivity index (χ0) is 9.84. The number of rotatable bonds is 2. The van der Waals surface area contributed by atoms with Crippen molar-refractivity contribution in [2.24, 2.45) is 5.73 Å². The van der Waals surface area contributed by atoms with Crippen LogP contribution in [0, 0.1) is 11.3 Å². The topological polar surface area (TPSA) is 70.0 Å². The molecule has 76 valence electrons. The number of halogens is 2. The van der Waals surface area contributed by atoms with Crippen molar-refractivity contribution in [1.29, 1.82) is 5.26 Å². The molecule has 0 aromatic heterocycles. The number of nitrogens with zero attached hydrogens (tertiary/aromatic N) is 1. The minimum absolute atomic E-state index is 0. The van der Waals surface area contributed by atoms with Crippen LogP contribution in [0.3, 0.4) is 0 Å². The molecule has 0 bridgehead atoms. The molecule has 0 unspecified atom stereocenters. The monoisotopic (exact) mass is 232 g/mol. The van der Waals surface area contributed by atoms with Crippen LogP contribution in [-0.2, 0) is 0 Å². The van der Waals surface area contributed by atoms with E-state index in [2.05, 4.69) is 0 Å². The Morgan fingerprint density at radius 1 is 1.57 bits per heavy atom. The first-order valence-corrected chi connectivity index (χ1v) is 4.14. The quantitative estimate of drug-likeness (QED) is 0.823. The largest absolute Gasteiger partial charge is 0.508 e. The Labute approximate surface area is 93.5 Å². The van der Waals surface area contributed by atoms with Gasteiger partial charge in [0.1, 0.15) is 5.75 Å². The molecule has 0 aliphatic rings. The molecule has 1 atom stereocenters. The molecule has 0 aliphatic heterocycles. The predicted molar refractivity (Wildman–Crippen MR) is 57.5 cm³/mol. The highest BCUT2D eigenvalue weighted by Crippen LogP contribution is 2.27. The number of hydrogen-bond donors (Lipinski definition) is 2. The molecule has 0 heterocycles. The van der Waals surface area contributed by atoms with Crippen molar-refractivity contribution in [2.45, 2.75) is 12.5 Å². The average Bonchev–Trinajstić information content (AvgIpc) is 2.09. The van der Waals surface area contributed by atoms with E-state index in [-0.39, 0.29) is 24.6 Å². The number of nitriles is 1. The molecule has 0 saturated heterocycles. The van der Waals surface area contributed by atoms with Crippen LogP contribution in [0.15, 0.2) is 18.2 Å². The second kappa shape index (κ2) is 5.71. The molecule has 0 radical (unpaired) electrons. The Hall–Kier alpha value is -0.950. The fourth-order valence-electron chi connectivity index (χ4n) is 1.03. The molecule has 1 rings (SSSR count). The van der Waals surface area contributed by atoms with Crippen LogP contribution < -0.4 is 5.73 Å². The first-order valence-electron chi connectivity index (χ1n) is 3.76. The van der Waals surface area contributed by atoms with Gasteiger partial charge in [0.2, 0.25) is 0 Å². The summed E-state index contributed by atoms with van der Waals surface area (Å²) in [5.41, 5.74) is 6.14. The van der Waals surface area contributed by atoms with Crippen LogP contribution in [0.4, 0.5) is 0 Å². The van der Waals surface area contributed by atoms with Crippen molar-refractivity contribution in [3.05, 3.63) is 28.8 Å². The third kappa shape index (κ3) is 3.08. The van der Waals surface area contributed by atoms with Crippen LogP contribution in [0.1, 0.15) is 18.0 Å². The lowest BCUT2D eigenvalue weighted by Gasteiger charge is -2.09. The molecule has 0 aliphatic carbocycles. The lowest BCUT2D eigenvalue weighted by Crippen LogP contribution is -2.09. The first-order chi connectivity index (χ1) is 6.15. The van der Waals surface area contributed by atoms with Gasteiger partial charge in [0.25, 0.3) is 0 Å². The van der Waals surface area contributed by atoms with Gasteiger partial charge in [-0.05, 0) is 18.2 Å². The van der Waals surface area contributed by atoms with Gasteiger partial charge in [-0.2, -0.15) is 5.26 Å². The molecule has 1 aromatic rings. The first kappa shape index (κ1) is 13.1. The molecule has 3 nitrogen and oxygen atoms in total. The summed E-state index contributed by atoms with van der Waals surface area (Å²) in [7, 11) is 0. The summed E-state index contributed by atoms with van der Waals surface area (Å²) in [4.78, 5) is 0. The summed E-state index contributed by atoms with van der Waals surface area (Å²) in [6.07, 6.45) is 0.161. The maximum absolute atomic E-state index is 9.38. The highest BCUT2D eigenvalue weighted by Gasteiger charge is 2.10. The predicted octanol–water partition coefficient (Wildman–Crippen LogP) is 2.38. The van der Waals surface area contributed by atoms with Gasteiger partial charge >= 0.3 is 0 Å². The van der Waals surface area contributed by atoms with Gasteiger partial charge in [0.05, 0.1) is 12.5 Å². The van der Waals surface area contributed by atoms with Gasteiger partial charge in [-0.15, -0.1) is 12.4 Å². The summed E-state index contributed by atoms with van der Waals surface area (Å²) in [5.74, 6) is 0.0761. The third-order valence-corrected chi connectivity index (χ3v) is 1.94. The van der Waals surface area contributed by atoms with Crippen molar-refractivity contribution in [3.8, 4) is 11.8 Å². The van der Waals surface area contributed by atoms with Crippen LogP contribution in [-0.4, -0.2) is 5.11 Å². The van der Waals surface area contributed by atoms with Gasteiger partial charge < -0.3 is 10.8 Å². The molecule has 3 N–H and O–H groups in total. The Bertz CT molecular complexity index is 349. The zero-order valence-corrected chi connectivity index (χ0v) is 8.85. The molecule has 1 aromatic carbocycles. The number of benzene rings is 1. The SMILES string of the molecule is Cl.N#CC[C@H](N)c1cc(Cl)ccc1O. The lowest BCUT2D eigenvalue weighted by atomic mass is 10.0. The molecule has 14 heavy (non-hydrogen) atoms. The van der Waals surface area contributed by atoms with E-state index in [1.165, 1.54) is 6.07 Å². The Morgan fingerprint density at radius 3 is 2.79 bits per heavy atom. The van der Waals surface area contributed by atoms with Gasteiger partial charge in [-0.25, -0.2) is 0 Å². The highest BCUT2D eigenvalue weighted by molar-refractivity contribution is 6.30. The summed E-state index contributed by atoms with van der Waals surface area (Å²) >= 11 is 5.71.